The number of nitrogens with zero attached hydrogens (tertiary/aromatic N) is 3. The predicted molar refractivity (Wildman–Crippen MR) is 118 cm³/mol. The van der Waals surface area contributed by atoms with Crippen molar-refractivity contribution in [3.8, 4) is 11.3 Å². The lowest BCUT2D eigenvalue weighted by Gasteiger charge is -2.21. The van der Waals surface area contributed by atoms with Gasteiger partial charge in [0.1, 0.15) is 5.82 Å². The van der Waals surface area contributed by atoms with Crippen LogP contribution >= 0.6 is 0 Å². The second-order valence-corrected chi connectivity index (χ2v) is 6.68. The van der Waals surface area contributed by atoms with Gasteiger partial charge in [0.2, 0.25) is 0 Å². The molecule has 30 heavy (non-hydrogen) atoms. The highest BCUT2D eigenvalue weighted by Gasteiger charge is 2.10. The zero-order valence-electron chi connectivity index (χ0n) is 17.3. The highest BCUT2D eigenvalue weighted by Crippen LogP contribution is 2.16. The molecule has 8 heteroatoms. The third kappa shape index (κ3) is 5.60. The molecule has 156 valence electrons. The van der Waals surface area contributed by atoms with Gasteiger partial charge in [0, 0.05) is 26.3 Å². The van der Waals surface area contributed by atoms with Crippen LogP contribution in [0.15, 0.2) is 65.8 Å². The molecule has 0 atom stereocenters. The van der Waals surface area contributed by atoms with E-state index in [2.05, 4.69) is 30.3 Å². The summed E-state index contributed by atoms with van der Waals surface area (Å²) >= 11 is 0. The molecule has 0 saturated heterocycles. The molecule has 3 aromatic rings. The van der Waals surface area contributed by atoms with Gasteiger partial charge in [-0.25, -0.2) is 9.78 Å². The SMILES string of the molecule is CN=C(NCc1ccc(NC(=O)OC)cc1)N(C)Cc1ncc(-c2ccccc2)[nH]1. The molecule has 0 unspecified atom stereocenters. The quantitative estimate of drug-likeness (QED) is 0.430. The van der Waals surface area contributed by atoms with E-state index >= 15 is 0 Å². The maximum Gasteiger partial charge on any atom is 0.411 e. The van der Waals surface area contributed by atoms with Crippen molar-refractivity contribution in [1.29, 1.82) is 0 Å². The Morgan fingerprint density at radius 1 is 1.17 bits per heavy atom. The summed E-state index contributed by atoms with van der Waals surface area (Å²) in [4.78, 5) is 25.4. The highest BCUT2D eigenvalue weighted by atomic mass is 16.5. The van der Waals surface area contributed by atoms with Gasteiger partial charge in [0.15, 0.2) is 5.96 Å². The molecule has 8 nitrogen and oxygen atoms in total. The van der Waals surface area contributed by atoms with Crippen molar-refractivity contribution >= 4 is 17.7 Å². The number of carbonyl (C=O) groups excluding carboxylic acids is 1. The number of guanidine groups is 1. The molecule has 0 saturated carbocycles. The summed E-state index contributed by atoms with van der Waals surface area (Å²) in [6.07, 6.45) is 1.36. The number of hydrogen-bond donors (Lipinski definition) is 3. The van der Waals surface area contributed by atoms with E-state index in [9.17, 15) is 4.79 Å². The molecule has 0 aliphatic heterocycles. The Morgan fingerprint density at radius 2 is 1.90 bits per heavy atom. The number of imidazole rings is 1. The van der Waals surface area contributed by atoms with Gasteiger partial charge in [-0.05, 0) is 23.3 Å². The van der Waals surface area contributed by atoms with Crippen LogP contribution in [-0.4, -0.2) is 48.1 Å². The van der Waals surface area contributed by atoms with Gasteiger partial charge in [-0.3, -0.25) is 10.3 Å². The Morgan fingerprint density at radius 3 is 2.57 bits per heavy atom. The molecule has 1 aromatic heterocycles. The number of aliphatic imine (C=N–C) groups is 1. The molecule has 0 bridgehead atoms. The first-order valence-electron chi connectivity index (χ1n) is 9.54. The van der Waals surface area contributed by atoms with Crippen molar-refractivity contribution in [1.82, 2.24) is 20.2 Å². The number of aromatic amines is 1. The second-order valence-electron chi connectivity index (χ2n) is 6.68. The highest BCUT2D eigenvalue weighted by molar-refractivity contribution is 5.84. The fourth-order valence-electron chi connectivity index (χ4n) is 2.95. The average Bonchev–Trinajstić information content (AvgIpc) is 3.24. The van der Waals surface area contributed by atoms with Gasteiger partial charge in [-0.1, -0.05) is 42.5 Å². The van der Waals surface area contributed by atoms with Crippen LogP contribution in [0.1, 0.15) is 11.4 Å². The van der Waals surface area contributed by atoms with Crippen LogP contribution in [0.4, 0.5) is 10.5 Å². The van der Waals surface area contributed by atoms with E-state index in [1.54, 1.807) is 7.05 Å². The average molecular weight is 406 g/mol. The number of carbonyl (C=O) groups is 1. The first-order chi connectivity index (χ1) is 14.6. The molecule has 0 fully saturated rings. The van der Waals surface area contributed by atoms with Crippen molar-refractivity contribution < 1.29 is 9.53 Å². The van der Waals surface area contributed by atoms with Crippen LogP contribution in [0, 0.1) is 0 Å². The van der Waals surface area contributed by atoms with Gasteiger partial charge >= 0.3 is 6.09 Å². The van der Waals surface area contributed by atoms with E-state index in [-0.39, 0.29) is 0 Å². The van der Waals surface area contributed by atoms with Gasteiger partial charge < -0.3 is 19.9 Å². The summed E-state index contributed by atoms with van der Waals surface area (Å²) in [7, 11) is 5.05. The van der Waals surface area contributed by atoms with E-state index in [4.69, 9.17) is 0 Å². The molecule has 0 spiro atoms. The first kappa shape index (κ1) is 20.9. The molecule has 3 rings (SSSR count). The van der Waals surface area contributed by atoms with Crippen molar-refractivity contribution in [3.05, 3.63) is 72.2 Å². The number of amides is 1. The van der Waals surface area contributed by atoms with Crippen LogP contribution in [0.2, 0.25) is 0 Å². The first-order valence-corrected chi connectivity index (χ1v) is 9.54. The molecule has 1 amide bonds. The fraction of sp³-hybridized carbons (Fsp3) is 0.227. The maximum atomic E-state index is 11.3. The number of nitrogens with one attached hydrogen (secondary N) is 3. The van der Waals surface area contributed by atoms with E-state index in [1.807, 2.05) is 72.7 Å². The van der Waals surface area contributed by atoms with Crippen LogP contribution in [0.5, 0.6) is 0 Å². The zero-order chi connectivity index (χ0) is 21.3. The molecule has 0 radical (unpaired) electrons. The third-order valence-electron chi connectivity index (χ3n) is 4.51. The maximum absolute atomic E-state index is 11.3. The van der Waals surface area contributed by atoms with Gasteiger partial charge in [-0.2, -0.15) is 0 Å². The summed E-state index contributed by atoms with van der Waals surface area (Å²) in [5, 5.41) is 5.97. The number of benzene rings is 2. The summed E-state index contributed by atoms with van der Waals surface area (Å²) in [6, 6.07) is 17.6. The number of aromatic nitrogens is 2. The molecular weight excluding hydrogens is 380 g/mol. The van der Waals surface area contributed by atoms with E-state index in [0.717, 1.165) is 28.6 Å². The summed E-state index contributed by atoms with van der Waals surface area (Å²) in [5.41, 5.74) is 3.83. The van der Waals surface area contributed by atoms with E-state index in [0.29, 0.717) is 18.8 Å². The fourth-order valence-corrected chi connectivity index (χ4v) is 2.95. The summed E-state index contributed by atoms with van der Waals surface area (Å²) < 4.78 is 4.59. The topological polar surface area (TPSA) is 94.6 Å². The van der Waals surface area contributed by atoms with Crippen molar-refractivity contribution in [2.24, 2.45) is 4.99 Å². The van der Waals surface area contributed by atoms with Gasteiger partial charge in [-0.15, -0.1) is 0 Å². The standard InChI is InChI=1S/C22H26N6O2/c1-23-21(25-13-16-9-11-18(12-10-16)26-22(29)30-3)28(2)15-20-24-14-19(27-20)17-7-5-4-6-8-17/h4-12,14H,13,15H2,1-3H3,(H,23,25)(H,24,27)(H,26,29). The minimum atomic E-state index is -0.490. The number of ether oxygens (including phenoxy) is 1. The molecule has 1 heterocycles. The summed E-state index contributed by atoms with van der Waals surface area (Å²) in [5.74, 6) is 1.61. The Bertz CT molecular complexity index is 982. The Labute approximate surface area is 176 Å². The number of H-pyrrole nitrogens is 1. The number of anilines is 1. The van der Waals surface area contributed by atoms with Gasteiger partial charge in [0.25, 0.3) is 0 Å². The van der Waals surface area contributed by atoms with Crippen LogP contribution < -0.4 is 10.6 Å². The van der Waals surface area contributed by atoms with Crippen LogP contribution in [0.3, 0.4) is 0 Å². The smallest absolute Gasteiger partial charge is 0.411 e. The number of methoxy groups -OCH3 is 1. The van der Waals surface area contributed by atoms with E-state index in [1.165, 1.54) is 7.11 Å². The Balaban J connectivity index is 1.55. The molecular formula is C22H26N6O2. The lowest BCUT2D eigenvalue weighted by atomic mass is 10.2. The van der Waals surface area contributed by atoms with Gasteiger partial charge in [0.05, 0.1) is 25.5 Å². The van der Waals surface area contributed by atoms with Crippen molar-refractivity contribution in [2.45, 2.75) is 13.1 Å². The molecule has 0 aliphatic carbocycles. The lowest BCUT2D eigenvalue weighted by molar-refractivity contribution is 0.187. The third-order valence-corrected chi connectivity index (χ3v) is 4.51. The molecule has 2 aromatic carbocycles. The number of rotatable bonds is 6. The van der Waals surface area contributed by atoms with Crippen molar-refractivity contribution in [3.63, 3.8) is 0 Å². The largest absolute Gasteiger partial charge is 0.453 e. The lowest BCUT2D eigenvalue weighted by Crippen LogP contribution is -2.38. The minimum Gasteiger partial charge on any atom is -0.453 e. The predicted octanol–water partition coefficient (Wildman–Crippen LogP) is 3.46. The van der Waals surface area contributed by atoms with Crippen molar-refractivity contribution in [2.75, 3.05) is 26.5 Å². The van der Waals surface area contributed by atoms with Crippen LogP contribution in [0.25, 0.3) is 11.3 Å². The zero-order valence-corrected chi connectivity index (χ0v) is 17.3. The monoisotopic (exact) mass is 406 g/mol. The minimum absolute atomic E-state index is 0.490. The Hall–Kier alpha value is -3.81. The molecule has 3 N–H and O–H groups in total. The number of hydrogen-bond acceptors (Lipinski definition) is 4. The normalized spacial score (nSPS) is 11.1. The van der Waals surface area contributed by atoms with E-state index < -0.39 is 6.09 Å². The summed E-state index contributed by atoms with van der Waals surface area (Å²) in [6.45, 7) is 1.19. The van der Waals surface area contributed by atoms with Crippen LogP contribution in [-0.2, 0) is 17.8 Å². The Kier molecular flexibility index (Phi) is 7.05. The second kappa shape index (κ2) is 10.1. The molecule has 0 aliphatic rings.